The molecule has 0 rings (SSSR count). The van der Waals surface area contributed by atoms with E-state index in [0.717, 1.165) is 5.54 Å². The normalized spacial score (nSPS) is 5.00. The summed E-state index contributed by atoms with van der Waals surface area (Å²) in [7, 11) is 0. The predicted octanol–water partition coefficient (Wildman–Crippen LogP) is 1.98. The molecule has 0 atom stereocenters. The Bertz CT molecular complexity index is 90.7. The molecule has 0 aromatic rings. The summed E-state index contributed by atoms with van der Waals surface area (Å²) in [6.45, 7) is 0. The second-order valence-electron chi connectivity index (χ2n) is 0.507. The molecule has 0 aliphatic rings. The van der Waals surface area contributed by atoms with Crippen LogP contribution in [0.3, 0.4) is 0 Å². The van der Waals surface area contributed by atoms with E-state index in [1.807, 2.05) is 5.73 Å². The Morgan fingerprint density at radius 2 is 2.17 bits per heavy atom. The smallest absolute Gasteiger partial charge is 0.137 e. The number of hydrogen-bond donors (Lipinski definition) is 0. The molecule has 0 amide bonds. The molecule has 0 aliphatic heterocycles. The fraction of sp³-hybridized carbons (Fsp3) is 0. The van der Waals surface area contributed by atoms with Crippen LogP contribution in [-0.2, 0) is 0 Å². The fourth-order valence-electron chi connectivity index (χ4n) is 0.0630. The minimum absolute atomic E-state index is 0.235. The van der Waals surface area contributed by atoms with Gasteiger partial charge in [0.05, 0.1) is 5.54 Å². The second-order valence-corrected chi connectivity index (χ2v) is 0.725. The summed E-state index contributed by atoms with van der Waals surface area (Å²) in [5, 5.41) is 0. The Morgan fingerprint density at radius 1 is 1.50 bits per heavy atom. The van der Waals surface area contributed by atoms with Crippen LogP contribution in [0.2, 0.25) is 0 Å². The van der Waals surface area contributed by atoms with Crippen molar-refractivity contribution in [3.8, 4) is 0 Å². The van der Waals surface area contributed by atoms with Gasteiger partial charge < -0.3 is 0 Å². The molecule has 0 fully saturated rings. The standard InChI is InChI=1S/C4H2ClF/c5-3-1-2-4-6/h3-4H. The van der Waals surface area contributed by atoms with Gasteiger partial charge in [-0.1, -0.05) is 17.3 Å². The molecule has 0 saturated carbocycles. The zero-order valence-electron chi connectivity index (χ0n) is 2.91. The summed E-state index contributed by atoms with van der Waals surface area (Å²) in [6.07, 6.45) is 0.235. The third-order valence-corrected chi connectivity index (χ3v) is 0.302. The molecule has 6 heavy (non-hydrogen) atoms. The third kappa shape index (κ3) is 3.52. The van der Waals surface area contributed by atoms with Gasteiger partial charge in [0.25, 0.3) is 0 Å². The van der Waals surface area contributed by atoms with Crippen LogP contribution < -0.4 is 0 Å². The number of hydrogen-bond acceptors (Lipinski definition) is 0. The highest BCUT2D eigenvalue weighted by Gasteiger charge is 1.41. The second kappa shape index (κ2) is 4.52. The van der Waals surface area contributed by atoms with E-state index < -0.39 is 0 Å². The van der Waals surface area contributed by atoms with Crippen molar-refractivity contribution < 1.29 is 4.39 Å². The molecule has 0 saturated heterocycles. The van der Waals surface area contributed by atoms with Gasteiger partial charge in [-0.25, -0.2) is 4.39 Å². The van der Waals surface area contributed by atoms with Crippen molar-refractivity contribution in [2.24, 2.45) is 0 Å². The number of rotatable bonds is 0. The average molecular weight is 105 g/mol. The van der Waals surface area contributed by atoms with Gasteiger partial charge in [0, 0.05) is 0 Å². The highest BCUT2D eigenvalue weighted by atomic mass is 35.5. The van der Waals surface area contributed by atoms with E-state index >= 15 is 0 Å². The Kier molecular flexibility index (Phi) is 4.16. The molecule has 0 aromatic heterocycles. The lowest BCUT2D eigenvalue weighted by Crippen LogP contribution is -1.20. The van der Waals surface area contributed by atoms with E-state index in [1.165, 1.54) is 0 Å². The lowest BCUT2D eigenvalue weighted by atomic mass is 10.8. The maximum Gasteiger partial charge on any atom is 0.137 e. The van der Waals surface area contributed by atoms with Gasteiger partial charge in [-0.15, -0.1) is 0 Å². The van der Waals surface area contributed by atoms with Gasteiger partial charge in [-0.05, 0) is 5.73 Å². The summed E-state index contributed by atoms with van der Waals surface area (Å²) in [6, 6.07) is 0. The van der Waals surface area contributed by atoms with Gasteiger partial charge in [0.2, 0.25) is 0 Å². The Labute approximate surface area is 40.2 Å². The minimum Gasteiger partial charge on any atom is -0.206 e. The summed E-state index contributed by atoms with van der Waals surface area (Å²) in [5.74, 6) is 0. The molecule has 0 unspecified atom stereocenters. The van der Waals surface area contributed by atoms with Crippen LogP contribution in [0.5, 0.6) is 0 Å². The fourth-order valence-corrected chi connectivity index (χ4v) is 0.126. The molecule has 32 valence electrons. The summed E-state index contributed by atoms with van der Waals surface area (Å²) < 4.78 is 10.8. The molecule has 0 aromatic carbocycles. The van der Waals surface area contributed by atoms with Crippen LogP contribution >= 0.6 is 11.6 Å². The predicted molar refractivity (Wildman–Crippen MR) is 23.1 cm³/mol. The van der Waals surface area contributed by atoms with Crippen LogP contribution in [0.4, 0.5) is 4.39 Å². The first-order valence-electron chi connectivity index (χ1n) is 1.26. The SMILES string of the molecule is FC=C=C=CCl. The van der Waals surface area contributed by atoms with Gasteiger partial charge in [0.15, 0.2) is 0 Å². The molecule has 0 aliphatic carbocycles. The maximum absolute atomic E-state index is 10.8. The first kappa shape index (κ1) is 5.52. The molecular formula is C4H2ClF. The van der Waals surface area contributed by atoms with E-state index in [1.54, 1.807) is 0 Å². The maximum atomic E-state index is 10.8. The van der Waals surface area contributed by atoms with E-state index in [-0.39, 0.29) is 6.33 Å². The molecular weight excluding hydrogens is 102 g/mol. The summed E-state index contributed by atoms with van der Waals surface area (Å²) in [5.41, 5.74) is 5.18. The van der Waals surface area contributed by atoms with Crippen LogP contribution in [-0.4, -0.2) is 0 Å². The Morgan fingerprint density at radius 3 is 2.33 bits per heavy atom. The Balaban J connectivity index is 3.79. The molecule has 0 bridgehead atoms. The topological polar surface area (TPSA) is 0 Å². The van der Waals surface area contributed by atoms with Crippen molar-refractivity contribution in [1.29, 1.82) is 0 Å². The lowest BCUT2D eigenvalue weighted by Gasteiger charge is -1.43. The Hall–Kier alpha value is -0.480. The quantitative estimate of drug-likeness (QED) is 0.412. The molecule has 2 heteroatoms. The average Bonchev–Trinajstić information content (AvgIpc) is 1.61. The highest BCUT2D eigenvalue weighted by molar-refractivity contribution is 6.25. The monoisotopic (exact) mass is 104 g/mol. The molecule has 0 radical (unpaired) electrons. The minimum atomic E-state index is 0.235. The van der Waals surface area contributed by atoms with Gasteiger partial charge in [-0.3, -0.25) is 0 Å². The summed E-state index contributed by atoms with van der Waals surface area (Å²) in [4.78, 5) is 0. The van der Waals surface area contributed by atoms with Crippen molar-refractivity contribution >= 4 is 11.6 Å². The zero-order chi connectivity index (χ0) is 4.83. The zero-order valence-corrected chi connectivity index (χ0v) is 3.67. The van der Waals surface area contributed by atoms with Crippen molar-refractivity contribution in [2.45, 2.75) is 0 Å². The molecule has 0 nitrogen and oxygen atoms in total. The van der Waals surface area contributed by atoms with Gasteiger partial charge >= 0.3 is 0 Å². The van der Waals surface area contributed by atoms with Gasteiger partial charge in [0.1, 0.15) is 6.33 Å². The summed E-state index contributed by atoms with van der Waals surface area (Å²) >= 11 is 4.90. The number of halogens is 2. The van der Waals surface area contributed by atoms with Crippen LogP contribution in [0, 0.1) is 0 Å². The largest absolute Gasteiger partial charge is 0.206 e. The molecule has 0 N–H and O–H groups in total. The highest BCUT2D eigenvalue weighted by Crippen LogP contribution is 1.69. The molecule has 0 spiro atoms. The lowest BCUT2D eigenvalue weighted by molar-refractivity contribution is 0.723. The molecule has 0 heterocycles. The van der Waals surface area contributed by atoms with Crippen LogP contribution in [0.25, 0.3) is 0 Å². The van der Waals surface area contributed by atoms with E-state index in [9.17, 15) is 4.39 Å². The van der Waals surface area contributed by atoms with Crippen molar-refractivity contribution in [1.82, 2.24) is 0 Å². The first-order valence-corrected chi connectivity index (χ1v) is 1.70. The van der Waals surface area contributed by atoms with Gasteiger partial charge in [-0.2, -0.15) is 0 Å². The van der Waals surface area contributed by atoms with E-state index in [2.05, 4.69) is 5.73 Å². The first-order chi connectivity index (χ1) is 2.91. The third-order valence-electron chi connectivity index (χ3n) is 0.192. The van der Waals surface area contributed by atoms with Crippen molar-refractivity contribution in [2.75, 3.05) is 0 Å². The van der Waals surface area contributed by atoms with Crippen LogP contribution in [0.15, 0.2) is 23.3 Å². The van der Waals surface area contributed by atoms with E-state index in [4.69, 9.17) is 11.6 Å². The van der Waals surface area contributed by atoms with Crippen molar-refractivity contribution in [3.05, 3.63) is 23.3 Å². The van der Waals surface area contributed by atoms with Crippen LogP contribution in [0.1, 0.15) is 0 Å². The van der Waals surface area contributed by atoms with E-state index in [0.29, 0.717) is 0 Å². The van der Waals surface area contributed by atoms with Crippen molar-refractivity contribution in [3.63, 3.8) is 0 Å².